The summed E-state index contributed by atoms with van der Waals surface area (Å²) < 4.78 is 1.91. The summed E-state index contributed by atoms with van der Waals surface area (Å²) in [5.41, 5.74) is 2.64. The van der Waals surface area contributed by atoms with Crippen LogP contribution in [-0.2, 0) is 13.5 Å². The number of rotatable bonds is 5. The standard InChI is InChI=1S/C17H16Cl2N4O/c1-10(20-6-5-11-8-23(2)9-21-11)15-4-3-12-13(18)7-14(19)17(24)16(12)22-15/h3-4,7-9,20,24H,1,5-6H2,2H3. The number of hydrogen-bond acceptors (Lipinski definition) is 4. The van der Waals surface area contributed by atoms with Gasteiger partial charge in [-0.1, -0.05) is 29.8 Å². The van der Waals surface area contributed by atoms with Gasteiger partial charge in [-0.2, -0.15) is 0 Å². The Morgan fingerprint density at radius 3 is 2.83 bits per heavy atom. The number of aryl methyl sites for hydroxylation is 1. The van der Waals surface area contributed by atoms with E-state index in [2.05, 4.69) is 21.9 Å². The number of halogens is 2. The first-order valence-electron chi connectivity index (χ1n) is 7.33. The lowest BCUT2D eigenvalue weighted by Crippen LogP contribution is -2.16. The van der Waals surface area contributed by atoms with E-state index in [9.17, 15) is 5.11 Å². The van der Waals surface area contributed by atoms with Crippen LogP contribution < -0.4 is 5.32 Å². The molecule has 1 aromatic carbocycles. The molecule has 5 nitrogen and oxygen atoms in total. The predicted molar refractivity (Wildman–Crippen MR) is 97.4 cm³/mol. The molecule has 0 saturated heterocycles. The number of hydrogen-bond donors (Lipinski definition) is 2. The van der Waals surface area contributed by atoms with Crippen molar-refractivity contribution in [3.05, 3.63) is 58.7 Å². The van der Waals surface area contributed by atoms with Gasteiger partial charge in [-0.15, -0.1) is 0 Å². The number of benzene rings is 1. The van der Waals surface area contributed by atoms with Crippen molar-refractivity contribution in [3.63, 3.8) is 0 Å². The number of imidazole rings is 1. The molecule has 7 heteroatoms. The van der Waals surface area contributed by atoms with E-state index in [1.807, 2.05) is 17.8 Å². The van der Waals surface area contributed by atoms with Gasteiger partial charge in [-0.05, 0) is 18.2 Å². The molecule has 0 atom stereocenters. The molecule has 2 aromatic heterocycles. The van der Waals surface area contributed by atoms with E-state index in [0.717, 1.165) is 12.1 Å². The molecular weight excluding hydrogens is 347 g/mol. The van der Waals surface area contributed by atoms with E-state index in [4.69, 9.17) is 23.2 Å². The molecule has 124 valence electrons. The van der Waals surface area contributed by atoms with Gasteiger partial charge in [0.25, 0.3) is 0 Å². The summed E-state index contributed by atoms with van der Waals surface area (Å²) in [5.74, 6) is -0.0841. The summed E-state index contributed by atoms with van der Waals surface area (Å²) in [5, 5.41) is 14.6. The summed E-state index contributed by atoms with van der Waals surface area (Å²) in [6, 6.07) is 5.10. The Morgan fingerprint density at radius 2 is 2.12 bits per heavy atom. The maximum absolute atomic E-state index is 10.1. The molecule has 0 amide bonds. The maximum atomic E-state index is 10.1. The number of nitrogens with one attached hydrogen (secondary N) is 1. The van der Waals surface area contributed by atoms with Crippen molar-refractivity contribution in [3.8, 4) is 5.75 Å². The maximum Gasteiger partial charge on any atom is 0.160 e. The van der Waals surface area contributed by atoms with Crippen molar-refractivity contribution in [2.24, 2.45) is 7.05 Å². The molecule has 3 rings (SSSR count). The highest BCUT2D eigenvalue weighted by atomic mass is 35.5. The van der Waals surface area contributed by atoms with Gasteiger partial charge >= 0.3 is 0 Å². The van der Waals surface area contributed by atoms with Crippen LogP contribution in [0, 0.1) is 0 Å². The zero-order chi connectivity index (χ0) is 17.3. The van der Waals surface area contributed by atoms with Crippen molar-refractivity contribution in [2.75, 3.05) is 6.54 Å². The van der Waals surface area contributed by atoms with Crippen LogP contribution in [0.3, 0.4) is 0 Å². The highest BCUT2D eigenvalue weighted by Crippen LogP contribution is 2.36. The molecule has 0 bridgehead atoms. The summed E-state index contributed by atoms with van der Waals surface area (Å²) in [6.45, 7) is 4.67. The Kier molecular flexibility index (Phi) is 4.64. The van der Waals surface area contributed by atoms with Crippen LogP contribution in [0.5, 0.6) is 5.75 Å². The minimum Gasteiger partial charge on any atom is -0.504 e. The van der Waals surface area contributed by atoms with Gasteiger partial charge in [-0.25, -0.2) is 9.97 Å². The molecule has 0 fully saturated rings. The average molecular weight is 363 g/mol. The van der Waals surface area contributed by atoms with Gasteiger partial charge in [0, 0.05) is 31.6 Å². The SMILES string of the molecule is C=C(NCCc1cn(C)cn1)c1ccc2c(Cl)cc(Cl)c(O)c2n1. The minimum atomic E-state index is -0.0841. The fourth-order valence-electron chi connectivity index (χ4n) is 2.40. The van der Waals surface area contributed by atoms with Gasteiger partial charge in [0.2, 0.25) is 0 Å². The lowest BCUT2D eigenvalue weighted by molar-refractivity contribution is 0.480. The third kappa shape index (κ3) is 3.32. The number of aromatic nitrogens is 3. The number of fused-ring (bicyclic) bond motifs is 1. The number of phenolic OH excluding ortho intramolecular Hbond substituents is 1. The quantitative estimate of drug-likeness (QED) is 0.724. The third-order valence-electron chi connectivity index (χ3n) is 3.64. The molecule has 0 aliphatic carbocycles. The molecular formula is C17H16Cl2N4O. The molecule has 2 N–H and O–H groups in total. The highest BCUT2D eigenvalue weighted by Gasteiger charge is 2.12. The fraction of sp³-hybridized carbons (Fsp3) is 0.176. The van der Waals surface area contributed by atoms with Crippen molar-refractivity contribution >= 4 is 39.8 Å². The normalized spacial score (nSPS) is 11.0. The Morgan fingerprint density at radius 1 is 1.33 bits per heavy atom. The van der Waals surface area contributed by atoms with E-state index in [0.29, 0.717) is 33.9 Å². The molecule has 3 aromatic rings. The molecule has 0 aliphatic rings. The smallest absolute Gasteiger partial charge is 0.160 e. The summed E-state index contributed by atoms with van der Waals surface area (Å²) in [6.07, 6.45) is 4.52. The highest BCUT2D eigenvalue weighted by molar-refractivity contribution is 6.39. The lowest BCUT2D eigenvalue weighted by atomic mass is 10.1. The van der Waals surface area contributed by atoms with E-state index in [1.54, 1.807) is 18.5 Å². The van der Waals surface area contributed by atoms with Gasteiger partial charge in [0.1, 0.15) is 5.52 Å². The van der Waals surface area contributed by atoms with Crippen LogP contribution >= 0.6 is 23.2 Å². The average Bonchev–Trinajstić information content (AvgIpc) is 2.97. The molecule has 0 saturated carbocycles. The first-order valence-corrected chi connectivity index (χ1v) is 8.09. The fourth-order valence-corrected chi connectivity index (χ4v) is 2.92. The van der Waals surface area contributed by atoms with E-state index < -0.39 is 0 Å². The lowest BCUT2D eigenvalue weighted by Gasteiger charge is -2.11. The molecule has 0 radical (unpaired) electrons. The number of phenols is 1. The minimum absolute atomic E-state index is 0.0841. The zero-order valence-electron chi connectivity index (χ0n) is 13.1. The van der Waals surface area contributed by atoms with Crippen LogP contribution in [0.25, 0.3) is 16.6 Å². The Bertz CT molecular complexity index is 920. The Hall–Kier alpha value is -2.24. The third-order valence-corrected chi connectivity index (χ3v) is 4.24. The zero-order valence-corrected chi connectivity index (χ0v) is 14.6. The molecule has 0 spiro atoms. The topological polar surface area (TPSA) is 63.0 Å². The van der Waals surface area contributed by atoms with Gasteiger partial charge in [-0.3, -0.25) is 0 Å². The van der Waals surface area contributed by atoms with Gasteiger partial charge in [0.05, 0.1) is 33.5 Å². The molecule has 24 heavy (non-hydrogen) atoms. The largest absolute Gasteiger partial charge is 0.504 e. The van der Waals surface area contributed by atoms with Crippen LogP contribution in [-0.4, -0.2) is 26.2 Å². The van der Waals surface area contributed by atoms with Crippen molar-refractivity contribution in [2.45, 2.75) is 6.42 Å². The number of nitrogens with zero attached hydrogens (tertiary/aromatic N) is 3. The Balaban J connectivity index is 1.76. The van der Waals surface area contributed by atoms with E-state index in [1.165, 1.54) is 6.07 Å². The monoisotopic (exact) mass is 362 g/mol. The van der Waals surface area contributed by atoms with Crippen LogP contribution in [0.2, 0.25) is 10.0 Å². The van der Waals surface area contributed by atoms with Crippen molar-refractivity contribution < 1.29 is 5.11 Å². The number of aromatic hydroxyl groups is 1. The molecule has 0 aliphatic heterocycles. The second kappa shape index (κ2) is 6.71. The van der Waals surface area contributed by atoms with Crippen molar-refractivity contribution in [1.82, 2.24) is 19.9 Å². The van der Waals surface area contributed by atoms with Gasteiger partial charge in [0.15, 0.2) is 5.75 Å². The second-order valence-electron chi connectivity index (χ2n) is 5.47. The summed E-state index contributed by atoms with van der Waals surface area (Å²) >= 11 is 12.1. The predicted octanol–water partition coefficient (Wildman–Crippen LogP) is 3.78. The van der Waals surface area contributed by atoms with Crippen molar-refractivity contribution in [1.29, 1.82) is 0 Å². The van der Waals surface area contributed by atoms with Crippen LogP contribution in [0.15, 0.2) is 37.3 Å². The van der Waals surface area contributed by atoms with Gasteiger partial charge < -0.3 is 15.0 Å². The van der Waals surface area contributed by atoms with E-state index in [-0.39, 0.29) is 10.8 Å². The van der Waals surface area contributed by atoms with E-state index >= 15 is 0 Å². The molecule has 0 unspecified atom stereocenters. The van der Waals surface area contributed by atoms with Crippen LogP contribution in [0.1, 0.15) is 11.4 Å². The first-order chi connectivity index (χ1) is 11.5. The first kappa shape index (κ1) is 16.6. The van der Waals surface area contributed by atoms with Crippen LogP contribution in [0.4, 0.5) is 0 Å². The molecule has 2 heterocycles. The summed E-state index contributed by atoms with van der Waals surface area (Å²) in [4.78, 5) is 8.70. The number of pyridine rings is 1. The Labute approximate surface area is 149 Å². The second-order valence-corrected chi connectivity index (χ2v) is 6.28. The summed E-state index contributed by atoms with van der Waals surface area (Å²) in [7, 11) is 1.94.